The summed E-state index contributed by atoms with van der Waals surface area (Å²) in [5, 5.41) is 0.941. The first-order valence-corrected chi connectivity index (χ1v) is 11.5. The molecule has 25 heavy (non-hydrogen) atoms. The van der Waals surface area contributed by atoms with Crippen LogP contribution in [-0.2, 0) is 14.1 Å². The Balaban J connectivity index is 1.86. The third-order valence-corrected chi connectivity index (χ3v) is 9.66. The average Bonchev–Trinajstić information content (AvgIpc) is 3.22. The summed E-state index contributed by atoms with van der Waals surface area (Å²) in [5.41, 5.74) is 2.96. The molecule has 1 fully saturated rings. The molecule has 0 unspecified atom stereocenters. The van der Waals surface area contributed by atoms with Gasteiger partial charge < -0.3 is 0 Å². The Morgan fingerprint density at radius 3 is 2.36 bits per heavy atom. The van der Waals surface area contributed by atoms with E-state index in [4.69, 9.17) is 0 Å². The van der Waals surface area contributed by atoms with E-state index in [1.807, 2.05) is 60.8 Å². The van der Waals surface area contributed by atoms with Crippen LogP contribution >= 0.6 is 23.5 Å². The van der Waals surface area contributed by atoms with E-state index in [1.54, 1.807) is 18.3 Å². The third kappa shape index (κ3) is 2.90. The number of hydrogen-bond donors (Lipinski definition) is 0. The van der Waals surface area contributed by atoms with Gasteiger partial charge >= 0.3 is 0 Å². The lowest BCUT2D eigenvalue weighted by molar-refractivity contribution is 0.589. The molecule has 0 amide bonds. The predicted molar refractivity (Wildman–Crippen MR) is 108 cm³/mol. The van der Waals surface area contributed by atoms with Crippen molar-refractivity contribution >= 4 is 44.4 Å². The van der Waals surface area contributed by atoms with E-state index in [0.29, 0.717) is 4.90 Å². The average molecular weight is 390 g/mol. The molecule has 1 aliphatic rings. The summed E-state index contributed by atoms with van der Waals surface area (Å²) in [6.07, 6.45) is 1.65. The van der Waals surface area contributed by atoms with Crippen molar-refractivity contribution in [3.63, 3.8) is 0 Å². The summed E-state index contributed by atoms with van der Waals surface area (Å²) >= 11 is 3.85. The van der Waals surface area contributed by atoms with E-state index in [-0.39, 0.29) is 4.08 Å². The maximum Gasteiger partial charge on any atom is 0.268 e. The fourth-order valence-corrected chi connectivity index (χ4v) is 7.31. The second kappa shape index (κ2) is 6.11. The second-order valence-electron chi connectivity index (χ2n) is 6.35. The van der Waals surface area contributed by atoms with Crippen molar-refractivity contribution < 1.29 is 8.42 Å². The summed E-state index contributed by atoms with van der Waals surface area (Å²) < 4.78 is 27.6. The van der Waals surface area contributed by atoms with E-state index in [1.165, 1.54) is 9.54 Å². The lowest BCUT2D eigenvalue weighted by atomic mass is 10.1. The van der Waals surface area contributed by atoms with E-state index < -0.39 is 10.0 Å². The molecule has 0 saturated carbocycles. The van der Waals surface area contributed by atoms with Crippen LogP contribution in [0, 0.1) is 6.92 Å². The highest BCUT2D eigenvalue weighted by molar-refractivity contribution is 8.20. The quantitative estimate of drug-likeness (QED) is 0.642. The van der Waals surface area contributed by atoms with Gasteiger partial charge in [0.1, 0.15) is 0 Å². The number of aromatic nitrogens is 1. The molecule has 1 aromatic heterocycles. The summed E-state index contributed by atoms with van der Waals surface area (Å²) in [4.78, 5) is 0.317. The Kier molecular flexibility index (Phi) is 4.17. The largest absolute Gasteiger partial charge is 0.268 e. The van der Waals surface area contributed by atoms with Gasteiger partial charge in [-0.1, -0.05) is 29.8 Å². The normalized spacial score (nSPS) is 17.2. The fraction of sp³-hybridized carbons (Fsp3) is 0.263. The monoisotopic (exact) mass is 389 g/mol. The zero-order valence-corrected chi connectivity index (χ0v) is 16.5. The van der Waals surface area contributed by atoms with Crippen LogP contribution in [0.15, 0.2) is 59.6 Å². The molecular formula is C19H19NO2S3. The molecule has 0 aliphatic carbocycles. The van der Waals surface area contributed by atoms with Crippen LogP contribution in [0.1, 0.15) is 18.1 Å². The van der Waals surface area contributed by atoms with Crippen LogP contribution in [0.4, 0.5) is 0 Å². The molecule has 0 N–H and O–H groups in total. The minimum Gasteiger partial charge on any atom is -0.241 e. The topological polar surface area (TPSA) is 39.1 Å². The van der Waals surface area contributed by atoms with Crippen LogP contribution in [0.5, 0.6) is 0 Å². The van der Waals surface area contributed by atoms with E-state index in [9.17, 15) is 8.42 Å². The van der Waals surface area contributed by atoms with Crippen molar-refractivity contribution in [2.45, 2.75) is 22.8 Å². The molecule has 2 aromatic carbocycles. The zero-order valence-electron chi connectivity index (χ0n) is 14.1. The Labute approximate surface area is 156 Å². The van der Waals surface area contributed by atoms with Crippen LogP contribution < -0.4 is 0 Å². The highest BCUT2D eigenvalue weighted by Crippen LogP contribution is 2.51. The van der Waals surface area contributed by atoms with Crippen LogP contribution in [0.2, 0.25) is 0 Å². The lowest BCUT2D eigenvalue weighted by Gasteiger charge is -2.22. The van der Waals surface area contributed by atoms with E-state index in [0.717, 1.165) is 28.0 Å². The van der Waals surface area contributed by atoms with Gasteiger partial charge in [-0.25, -0.2) is 12.4 Å². The van der Waals surface area contributed by atoms with Crippen molar-refractivity contribution in [2.75, 3.05) is 11.5 Å². The van der Waals surface area contributed by atoms with Crippen molar-refractivity contribution in [1.82, 2.24) is 3.97 Å². The van der Waals surface area contributed by atoms with Crippen molar-refractivity contribution in [2.24, 2.45) is 0 Å². The SMILES string of the molecule is Cc1ccc(S(=O)(=O)n2ccc3ccc(C4(C)SCCS4)cc32)cc1. The highest BCUT2D eigenvalue weighted by Gasteiger charge is 2.32. The lowest BCUT2D eigenvalue weighted by Crippen LogP contribution is -2.13. The molecule has 1 aliphatic heterocycles. The summed E-state index contributed by atoms with van der Waals surface area (Å²) in [5.74, 6) is 2.25. The Bertz CT molecular complexity index is 1030. The molecule has 3 aromatic rings. The molecule has 0 spiro atoms. The molecule has 3 nitrogen and oxygen atoms in total. The molecular weight excluding hydrogens is 370 g/mol. The number of fused-ring (bicyclic) bond motifs is 1. The van der Waals surface area contributed by atoms with Gasteiger partial charge in [-0.05, 0) is 43.7 Å². The van der Waals surface area contributed by atoms with E-state index in [2.05, 4.69) is 13.0 Å². The first-order valence-electron chi connectivity index (χ1n) is 8.12. The molecule has 4 rings (SSSR count). The second-order valence-corrected chi connectivity index (χ2v) is 11.4. The van der Waals surface area contributed by atoms with Crippen LogP contribution in [-0.4, -0.2) is 23.9 Å². The Morgan fingerprint density at radius 2 is 1.68 bits per heavy atom. The standard InChI is InChI=1S/C19H19NO2S3/c1-14-3-7-17(8-4-14)25(21,22)20-10-9-15-5-6-16(13-18(15)20)19(2)23-11-12-24-19/h3-10,13H,11-12H2,1-2H3. The molecule has 130 valence electrons. The first-order chi connectivity index (χ1) is 11.9. The van der Waals surface area contributed by atoms with Gasteiger partial charge in [0.05, 0.1) is 14.5 Å². The molecule has 2 heterocycles. The van der Waals surface area contributed by atoms with E-state index >= 15 is 0 Å². The molecule has 6 heteroatoms. The van der Waals surface area contributed by atoms with Crippen molar-refractivity contribution in [1.29, 1.82) is 0 Å². The van der Waals surface area contributed by atoms with Crippen LogP contribution in [0.3, 0.4) is 0 Å². The van der Waals surface area contributed by atoms with Gasteiger partial charge in [-0.3, -0.25) is 0 Å². The number of rotatable bonds is 3. The number of aryl methyl sites for hydroxylation is 1. The van der Waals surface area contributed by atoms with Gasteiger partial charge in [-0.2, -0.15) is 0 Å². The molecule has 0 radical (unpaired) electrons. The van der Waals surface area contributed by atoms with Gasteiger partial charge in [0, 0.05) is 23.1 Å². The highest BCUT2D eigenvalue weighted by atomic mass is 32.2. The number of nitrogens with zero attached hydrogens (tertiary/aromatic N) is 1. The van der Waals surface area contributed by atoms with Crippen molar-refractivity contribution in [3.8, 4) is 0 Å². The van der Waals surface area contributed by atoms with Gasteiger partial charge in [0.15, 0.2) is 0 Å². The Morgan fingerprint density at radius 1 is 1.00 bits per heavy atom. The molecule has 0 bridgehead atoms. The maximum absolute atomic E-state index is 13.1. The third-order valence-electron chi connectivity index (χ3n) is 4.60. The minimum atomic E-state index is -3.60. The van der Waals surface area contributed by atoms with Gasteiger partial charge in [-0.15, -0.1) is 23.5 Å². The predicted octanol–water partition coefficient (Wildman–Crippen LogP) is 4.84. The maximum atomic E-state index is 13.1. The summed E-state index contributed by atoms with van der Waals surface area (Å²) in [6, 6.07) is 15.0. The molecule has 1 saturated heterocycles. The van der Waals surface area contributed by atoms with Gasteiger partial charge in [0.25, 0.3) is 10.0 Å². The smallest absolute Gasteiger partial charge is 0.241 e. The number of thioether (sulfide) groups is 2. The fourth-order valence-electron chi connectivity index (χ4n) is 3.10. The Hall–Kier alpha value is -1.37. The van der Waals surface area contributed by atoms with Crippen LogP contribution in [0.25, 0.3) is 10.9 Å². The van der Waals surface area contributed by atoms with Crippen molar-refractivity contribution in [3.05, 3.63) is 65.9 Å². The minimum absolute atomic E-state index is 0.00306. The molecule has 0 atom stereocenters. The zero-order chi connectivity index (χ0) is 17.7. The number of benzene rings is 2. The van der Waals surface area contributed by atoms with Gasteiger partial charge in [0.2, 0.25) is 0 Å². The number of hydrogen-bond acceptors (Lipinski definition) is 4. The summed E-state index contributed by atoms with van der Waals surface area (Å²) in [6.45, 7) is 4.17. The first kappa shape index (κ1) is 17.1. The summed E-state index contributed by atoms with van der Waals surface area (Å²) in [7, 11) is -3.60.